The lowest BCUT2D eigenvalue weighted by molar-refractivity contribution is 0.0939. The van der Waals surface area contributed by atoms with E-state index in [0.29, 0.717) is 16.8 Å². The lowest BCUT2D eigenvalue weighted by Gasteiger charge is -2.14. The van der Waals surface area contributed by atoms with Crippen molar-refractivity contribution in [3.05, 3.63) is 65.7 Å². The lowest BCUT2D eigenvalue weighted by Crippen LogP contribution is -2.26. The molecule has 2 aromatic rings. The first kappa shape index (κ1) is 14.6. The Hall–Kier alpha value is -1.81. The van der Waals surface area contributed by atoms with E-state index >= 15 is 0 Å². The van der Waals surface area contributed by atoms with Gasteiger partial charge in [-0.25, -0.2) is 0 Å². The van der Waals surface area contributed by atoms with Gasteiger partial charge in [-0.05, 0) is 46.6 Å². The Morgan fingerprint density at radius 2 is 1.95 bits per heavy atom. The van der Waals surface area contributed by atoms with Crippen LogP contribution >= 0.6 is 15.9 Å². The molecule has 0 bridgehead atoms. The predicted molar refractivity (Wildman–Crippen MR) is 83.2 cm³/mol. The minimum atomic E-state index is -0.110. The molecule has 0 saturated heterocycles. The molecule has 1 unspecified atom stereocenters. The summed E-state index contributed by atoms with van der Waals surface area (Å²) in [5, 5.41) is 2.98. The third kappa shape index (κ3) is 3.84. The van der Waals surface area contributed by atoms with Crippen LogP contribution in [-0.2, 0) is 0 Å². The van der Waals surface area contributed by atoms with Gasteiger partial charge in [0, 0.05) is 5.56 Å². The smallest absolute Gasteiger partial charge is 0.251 e. The van der Waals surface area contributed by atoms with Crippen molar-refractivity contribution in [3.63, 3.8) is 0 Å². The minimum Gasteiger partial charge on any atom is -0.482 e. The van der Waals surface area contributed by atoms with Crippen LogP contribution in [0.25, 0.3) is 0 Å². The number of nitrogens with one attached hydrogen (secondary N) is 1. The summed E-state index contributed by atoms with van der Waals surface area (Å²) >= 11 is 3.20. The van der Waals surface area contributed by atoms with Gasteiger partial charge in [0.1, 0.15) is 11.3 Å². The maximum Gasteiger partial charge on any atom is 0.251 e. The molecule has 4 heteroatoms. The molecule has 3 nitrogen and oxygen atoms in total. The van der Waals surface area contributed by atoms with Crippen LogP contribution in [0.15, 0.2) is 54.6 Å². The summed E-state index contributed by atoms with van der Waals surface area (Å²) in [5.74, 6) is 0.559. The van der Waals surface area contributed by atoms with E-state index in [1.54, 1.807) is 18.2 Å². The molecule has 1 amide bonds. The van der Waals surface area contributed by atoms with Crippen molar-refractivity contribution >= 4 is 21.8 Å². The first-order valence-electron chi connectivity index (χ1n) is 6.35. The molecule has 1 atom stereocenters. The molecule has 0 aromatic heterocycles. The van der Waals surface area contributed by atoms with Crippen LogP contribution in [0.2, 0.25) is 0 Å². The zero-order chi connectivity index (χ0) is 14.4. The summed E-state index contributed by atoms with van der Waals surface area (Å²) in [5.41, 5.74) is 2.07. The van der Waals surface area contributed by atoms with Gasteiger partial charge in [0.15, 0.2) is 0 Å². The highest BCUT2D eigenvalue weighted by molar-refractivity contribution is 9.09. The Bertz CT molecular complexity index is 572. The van der Waals surface area contributed by atoms with Gasteiger partial charge < -0.3 is 10.1 Å². The molecule has 0 heterocycles. The van der Waals surface area contributed by atoms with E-state index in [9.17, 15) is 4.79 Å². The third-order valence-corrected chi connectivity index (χ3v) is 3.19. The second-order valence-electron chi connectivity index (χ2n) is 4.39. The van der Waals surface area contributed by atoms with Crippen LogP contribution in [0.4, 0.5) is 0 Å². The quantitative estimate of drug-likeness (QED) is 0.842. The Balaban J connectivity index is 2.06. The van der Waals surface area contributed by atoms with Crippen molar-refractivity contribution in [2.24, 2.45) is 0 Å². The standard InChI is InChI=1S/C16H16BrNO2/c1-12(13-6-3-2-4-7-13)18-16(19)14-8-5-9-15(10-14)20-11-17/h2-10,12H,11H2,1H3,(H,18,19). The van der Waals surface area contributed by atoms with Crippen LogP contribution in [0.5, 0.6) is 5.75 Å². The number of benzene rings is 2. The molecule has 0 fully saturated rings. The first-order valence-corrected chi connectivity index (χ1v) is 7.47. The van der Waals surface area contributed by atoms with E-state index in [4.69, 9.17) is 4.74 Å². The Kier molecular flexibility index (Phi) is 5.18. The average Bonchev–Trinajstić information content (AvgIpc) is 2.48. The van der Waals surface area contributed by atoms with E-state index in [1.165, 1.54) is 0 Å². The Morgan fingerprint density at radius 1 is 1.20 bits per heavy atom. The summed E-state index contributed by atoms with van der Waals surface area (Å²) in [4.78, 5) is 12.2. The third-order valence-electron chi connectivity index (χ3n) is 2.96. The van der Waals surface area contributed by atoms with Crippen molar-refractivity contribution in [2.45, 2.75) is 13.0 Å². The molecule has 0 aliphatic rings. The molecule has 0 aliphatic heterocycles. The fourth-order valence-electron chi connectivity index (χ4n) is 1.90. The number of alkyl halides is 1. The molecule has 2 aromatic carbocycles. The zero-order valence-electron chi connectivity index (χ0n) is 11.2. The number of ether oxygens (including phenoxy) is 1. The van der Waals surface area contributed by atoms with Gasteiger partial charge in [-0.15, -0.1) is 0 Å². The molecule has 104 valence electrons. The topological polar surface area (TPSA) is 38.3 Å². The van der Waals surface area contributed by atoms with Gasteiger partial charge in [0.2, 0.25) is 0 Å². The van der Waals surface area contributed by atoms with Crippen molar-refractivity contribution in [1.29, 1.82) is 0 Å². The monoisotopic (exact) mass is 333 g/mol. The number of rotatable bonds is 5. The summed E-state index contributed by atoms with van der Waals surface area (Å²) in [7, 11) is 0. The van der Waals surface area contributed by atoms with Gasteiger partial charge in [0.05, 0.1) is 6.04 Å². The highest BCUT2D eigenvalue weighted by atomic mass is 79.9. The van der Waals surface area contributed by atoms with E-state index in [-0.39, 0.29) is 11.9 Å². The average molecular weight is 334 g/mol. The van der Waals surface area contributed by atoms with Crippen molar-refractivity contribution in [3.8, 4) is 5.75 Å². The number of amides is 1. The number of hydrogen-bond donors (Lipinski definition) is 1. The van der Waals surface area contributed by atoms with E-state index in [0.717, 1.165) is 5.56 Å². The van der Waals surface area contributed by atoms with E-state index in [1.807, 2.05) is 43.3 Å². The summed E-state index contributed by atoms with van der Waals surface area (Å²) in [6, 6.07) is 17.0. The van der Waals surface area contributed by atoms with Crippen LogP contribution in [-0.4, -0.2) is 11.4 Å². The Morgan fingerprint density at radius 3 is 2.65 bits per heavy atom. The maximum atomic E-state index is 12.2. The largest absolute Gasteiger partial charge is 0.482 e. The minimum absolute atomic E-state index is 0.0375. The molecule has 1 N–H and O–H groups in total. The normalized spacial score (nSPS) is 11.7. The molecular weight excluding hydrogens is 318 g/mol. The van der Waals surface area contributed by atoms with Crippen molar-refractivity contribution in [1.82, 2.24) is 5.32 Å². The molecule has 20 heavy (non-hydrogen) atoms. The number of hydrogen-bond acceptors (Lipinski definition) is 2. The highest BCUT2D eigenvalue weighted by Crippen LogP contribution is 2.16. The van der Waals surface area contributed by atoms with Crippen LogP contribution in [0, 0.1) is 0 Å². The summed E-state index contributed by atoms with van der Waals surface area (Å²) in [6.07, 6.45) is 0. The van der Waals surface area contributed by atoms with Crippen LogP contribution < -0.4 is 10.1 Å². The maximum absolute atomic E-state index is 12.2. The fraction of sp³-hybridized carbons (Fsp3) is 0.188. The van der Waals surface area contributed by atoms with Gasteiger partial charge in [-0.2, -0.15) is 0 Å². The molecule has 0 spiro atoms. The SMILES string of the molecule is CC(NC(=O)c1cccc(OCBr)c1)c1ccccc1. The molecule has 0 radical (unpaired) electrons. The van der Waals surface area contributed by atoms with E-state index in [2.05, 4.69) is 21.2 Å². The number of carbonyl (C=O) groups excluding carboxylic acids is 1. The first-order chi connectivity index (χ1) is 9.70. The van der Waals surface area contributed by atoms with Crippen LogP contribution in [0.1, 0.15) is 28.9 Å². The second-order valence-corrected chi connectivity index (χ2v) is 4.84. The highest BCUT2D eigenvalue weighted by Gasteiger charge is 2.11. The lowest BCUT2D eigenvalue weighted by atomic mass is 10.1. The van der Waals surface area contributed by atoms with Gasteiger partial charge >= 0.3 is 0 Å². The van der Waals surface area contributed by atoms with Gasteiger partial charge in [-0.1, -0.05) is 36.4 Å². The summed E-state index contributed by atoms with van der Waals surface area (Å²) < 4.78 is 5.32. The van der Waals surface area contributed by atoms with Crippen LogP contribution in [0.3, 0.4) is 0 Å². The van der Waals surface area contributed by atoms with Gasteiger partial charge in [0.25, 0.3) is 5.91 Å². The molecule has 2 rings (SSSR count). The van der Waals surface area contributed by atoms with Crippen molar-refractivity contribution in [2.75, 3.05) is 5.52 Å². The van der Waals surface area contributed by atoms with E-state index < -0.39 is 0 Å². The predicted octanol–water partition coefficient (Wildman–Crippen LogP) is 3.91. The second kappa shape index (κ2) is 7.10. The number of halogens is 1. The van der Waals surface area contributed by atoms with Gasteiger partial charge in [-0.3, -0.25) is 4.79 Å². The summed E-state index contributed by atoms with van der Waals surface area (Å²) in [6.45, 7) is 1.96. The van der Waals surface area contributed by atoms with Crippen molar-refractivity contribution < 1.29 is 9.53 Å². The molecule has 0 aliphatic carbocycles. The Labute approximate surface area is 127 Å². The number of carbonyl (C=O) groups is 1. The molecule has 0 saturated carbocycles. The zero-order valence-corrected chi connectivity index (χ0v) is 12.8. The fourth-order valence-corrected chi connectivity index (χ4v) is 2.16. The molecular formula is C16H16BrNO2.